The van der Waals surface area contributed by atoms with E-state index < -0.39 is 5.97 Å². The Bertz CT molecular complexity index is 180. The van der Waals surface area contributed by atoms with Crippen LogP contribution in [0.25, 0.3) is 0 Å². The van der Waals surface area contributed by atoms with Crippen LogP contribution in [0.4, 0.5) is 0 Å². The summed E-state index contributed by atoms with van der Waals surface area (Å²) in [5.74, 6) is -0.946. The second kappa shape index (κ2) is 4.86. The number of hydrogen-bond acceptors (Lipinski definition) is 3. The van der Waals surface area contributed by atoms with E-state index in [9.17, 15) is 4.79 Å². The zero-order chi connectivity index (χ0) is 9.84. The molecule has 2 N–H and O–H groups in total. The smallest absolute Gasteiger partial charge is 0.307 e. The molecule has 1 aliphatic rings. The van der Waals surface area contributed by atoms with Crippen LogP contribution in [-0.4, -0.2) is 35.2 Å². The van der Waals surface area contributed by atoms with Crippen molar-refractivity contribution in [3.8, 4) is 0 Å². The predicted octanol–water partition coefficient (Wildman–Crippen LogP) is 1.19. The lowest BCUT2D eigenvalue weighted by Gasteiger charge is -2.25. The average molecular weight is 203 g/mol. The fraction of sp³-hybridized carbons (Fsp3) is 0.889. The Balaban J connectivity index is 2.54. The van der Waals surface area contributed by atoms with Crippen LogP contribution in [0.3, 0.4) is 0 Å². The standard InChI is InChI=1S/C9H17NO2S/c1-6(9(11)12)8(13-2)7-4-3-5-10-7/h6-8,10H,3-5H2,1-2H3,(H,11,12). The zero-order valence-electron chi connectivity index (χ0n) is 8.12. The van der Waals surface area contributed by atoms with Crippen molar-refractivity contribution >= 4 is 17.7 Å². The molecule has 3 nitrogen and oxygen atoms in total. The molecular formula is C9H17NO2S. The van der Waals surface area contributed by atoms with Gasteiger partial charge in [-0.3, -0.25) is 4.79 Å². The van der Waals surface area contributed by atoms with E-state index in [0.717, 1.165) is 13.0 Å². The second-order valence-corrected chi connectivity index (χ2v) is 4.55. The minimum absolute atomic E-state index is 0.208. The highest BCUT2D eigenvalue weighted by molar-refractivity contribution is 7.99. The molecule has 4 heteroatoms. The number of nitrogens with one attached hydrogen (secondary N) is 1. The molecule has 1 rings (SSSR count). The maximum absolute atomic E-state index is 10.8. The molecule has 0 aliphatic carbocycles. The lowest BCUT2D eigenvalue weighted by Crippen LogP contribution is -2.39. The summed E-state index contributed by atoms with van der Waals surface area (Å²) in [6.45, 7) is 2.83. The largest absolute Gasteiger partial charge is 0.481 e. The number of carboxylic acids is 1. The van der Waals surface area contributed by atoms with Crippen molar-refractivity contribution in [3.63, 3.8) is 0 Å². The number of carboxylic acid groups (broad SMARTS) is 1. The van der Waals surface area contributed by atoms with Gasteiger partial charge in [0, 0.05) is 11.3 Å². The van der Waals surface area contributed by atoms with E-state index in [-0.39, 0.29) is 11.2 Å². The van der Waals surface area contributed by atoms with Gasteiger partial charge in [-0.25, -0.2) is 0 Å². The van der Waals surface area contributed by atoms with Crippen molar-refractivity contribution in [2.24, 2.45) is 5.92 Å². The van der Waals surface area contributed by atoms with Crippen LogP contribution in [0.15, 0.2) is 0 Å². The number of hydrogen-bond donors (Lipinski definition) is 2. The van der Waals surface area contributed by atoms with E-state index in [4.69, 9.17) is 5.11 Å². The molecule has 3 atom stereocenters. The topological polar surface area (TPSA) is 49.3 Å². The number of thioether (sulfide) groups is 1. The first-order chi connectivity index (χ1) is 6.16. The van der Waals surface area contributed by atoms with Gasteiger partial charge in [-0.2, -0.15) is 11.8 Å². The lowest BCUT2D eigenvalue weighted by atomic mass is 10.00. The molecule has 0 saturated carbocycles. The summed E-state index contributed by atoms with van der Waals surface area (Å²) in [5.41, 5.74) is 0. The Morgan fingerprint density at radius 2 is 2.38 bits per heavy atom. The van der Waals surface area contributed by atoms with Gasteiger partial charge in [0.05, 0.1) is 5.92 Å². The molecule has 0 aromatic carbocycles. The number of rotatable bonds is 4. The van der Waals surface area contributed by atoms with Gasteiger partial charge < -0.3 is 10.4 Å². The fourth-order valence-electron chi connectivity index (χ4n) is 1.85. The minimum atomic E-state index is -0.687. The highest BCUT2D eigenvalue weighted by Gasteiger charge is 2.31. The molecule has 3 unspecified atom stereocenters. The van der Waals surface area contributed by atoms with Crippen LogP contribution in [0, 0.1) is 5.92 Å². The Morgan fingerprint density at radius 1 is 1.69 bits per heavy atom. The first kappa shape index (κ1) is 10.9. The van der Waals surface area contributed by atoms with Crippen molar-refractivity contribution in [1.82, 2.24) is 5.32 Å². The van der Waals surface area contributed by atoms with Gasteiger partial charge in [-0.1, -0.05) is 6.92 Å². The van der Waals surface area contributed by atoms with E-state index in [1.807, 2.05) is 6.26 Å². The maximum atomic E-state index is 10.8. The van der Waals surface area contributed by atoms with Gasteiger partial charge in [0.1, 0.15) is 0 Å². The van der Waals surface area contributed by atoms with Crippen LogP contribution >= 0.6 is 11.8 Å². The van der Waals surface area contributed by atoms with Crippen LogP contribution < -0.4 is 5.32 Å². The molecule has 1 heterocycles. The SMILES string of the molecule is CSC(C1CCCN1)C(C)C(=O)O. The Labute approximate surface area is 83.3 Å². The lowest BCUT2D eigenvalue weighted by molar-refractivity contribution is -0.141. The molecule has 0 aromatic rings. The predicted molar refractivity (Wildman–Crippen MR) is 55.1 cm³/mol. The number of carbonyl (C=O) groups is 1. The van der Waals surface area contributed by atoms with Crippen molar-refractivity contribution in [2.45, 2.75) is 31.1 Å². The summed E-state index contributed by atoms with van der Waals surface area (Å²) in [6.07, 6.45) is 4.28. The van der Waals surface area contributed by atoms with E-state index in [2.05, 4.69) is 5.32 Å². The summed E-state index contributed by atoms with van der Waals surface area (Å²) in [4.78, 5) is 10.8. The molecule has 1 saturated heterocycles. The molecular weight excluding hydrogens is 186 g/mol. The summed E-state index contributed by atoms with van der Waals surface area (Å²) < 4.78 is 0. The molecule has 13 heavy (non-hydrogen) atoms. The fourth-order valence-corrected chi connectivity index (χ4v) is 2.93. The summed E-state index contributed by atoms with van der Waals surface area (Å²) in [7, 11) is 0. The average Bonchev–Trinajstić information content (AvgIpc) is 2.58. The van der Waals surface area contributed by atoms with Gasteiger partial charge in [-0.05, 0) is 25.6 Å². The van der Waals surface area contributed by atoms with E-state index in [1.54, 1.807) is 18.7 Å². The van der Waals surface area contributed by atoms with Gasteiger partial charge in [0.15, 0.2) is 0 Å². The minimum Gasteiger partial charge on any atom is -0.481 e. The van der Waals surface area contributed by atoms with Crippen molar-refractivity contribution < 1.29 is 9.90 Å². The molecule has 1 fully saturated rings. The molecule has 0 amide bonds. The molecule has 1 aliphatic heterocycles. The van der Waals surface area contributed by atoms with Crippen LogP contribution in [0.1, 0.15) is 19.8 Å². The van der Waals surface area contributed by atoms with Gasteiger partial charge >= 0.3 is 5.97 Å². The van der Waals surface area contributed by atoms with Gasteiger partial charge in [0.2, 0.25) is 0 Å². The van der Waals surface area contributed by atoms with Crippen molar-refractivity contribution in [1.29, 1.82) is 0 Å². The summed E-state index contributed by atoms with van der Waals surface area (Å²) in [5, 5.41) is 12.5. The molecule has 0 spiro atoms. The maximum Gasteiger partial charge on any atom is 0.307 e. The highest BCUT2D eigenvalue weighted by atomic mass is 32.2. The Morgan fingerprint density at radius 3 is 2.77 bits per heavy atom. The normalized spacial score (nSPS) is 27.1. The molecule has 0 bridgehead atoms. The third kappa shape index (κ3) is 2.61. The van der Waals surface area contributed by atoms with E-state index >= 15 is 0 Å². The van der Waals surface area contributed by atoms with E-state index in [1.165, 1.54) is 6.42 Å². The van der Waals surface area contributed by atoms with Crippen LogP contribution in [0.5, 0.6) is 0 Å². The Kier molecular flexibility index (Phi) is 4.06. The van der Waals surface area contributed by atoms with Gasteiger partial charge in [0.25, 0.3) is 0 Å². The molecule has 0 radical (unpaired) electrons. The molecule has 76 valence electrons. The van der Waals surface area contributed by atoms with Crippen LogP contribution in [-0.2, 0) is 4.79 Å². The quantitative estimate of drug-likeness (QED) is 0.720. The third-order valence-electron chi connectivity index (χ3n) is 2.65. The summed E-state index contributed by atoms with van der Waals surface area (Å²) >= 11 is 1.66. The van der Waals surface area contributed by atoms with Crippen LogP contribution in [0.2, 0.25) is 0 Å². The summed E-state index contributed by atoms with van der Waals surface area (Å²) in [6, 6.07) is 0.390. The highest BCUT2D eigenvalue weighted by Crippen LogP contribution is 2.25. The Hall–Kier alpha value is -0.220. The van der Waals surface area contributed by atoms with Crippen molar-refractivity contribution in [3.05, 3.63) is 0 Å². The third-order valence-corrected chi connectivity index (χ3v) is 3.93. The van der Waals surface area contributed by atoms with E-state index in [0.29, 0.717) is 6.04 Å². The zero-order valence-corrected chi connectivity index (χ0v) is 8.93. The molecule has 0 aromatic heterocycles. The number of aliphatic carboxylic acids is 1. The van der Waals surface area contributed by atoms with Crippen molar-refractivity contribution in [2.75, 3.05) is 12.8 Å². The first-order valence-corrected chi connectivity index (χ1v) is 5.94. The second-order valence-electron chi connectivity index (χ2n) is 3.53. The van der Waals surface area contributed by atoms with Gasteiger partial charge in [-0.15, -0.1) is 0 Å². The first-order valence-electron chi connectivity index (χ1n) is 4.65. The monoisotopic (exact) mass is 203 g/mol.